The van der Waals surface area contributed by atoms with Crippen LogP contribution in [0.4, 0.5) is 0 Å². The van der Waals surface area contributed by atoms with Gasteiger partial charge in [0.05, 0.1) is 6.04 Å². The quantitative estimate of drug-likeness (QED) is 0.759. The first kappa shape index (κ1) is 10.6. The van der Waals surface area contributed by atoms with Gasteiger partial charge in [-0.1, -0.05) is 54.3 Å². The molecule has 0 saturated heterocycles. The molecule has 1 unspecified atom stereocenters. The minimum atomic E-state index is 0.242. The van der Waals surface area contributed by atoms with Crippen LogP contribution in [0.25, 0.3) is 0 Å². The Balaban J connectivity index is 1.95. The predicted octanol–water partition coefficient (Wildman–Crippen LogP) is 4.00. The zero-order valence-corrected chi connectivity index (χ0v) is 10.4. The molecule has 0 radical (unpaired) electrons. The van der Waals surface area contributed by atoms with Crippen molar-refractivity contribution >= 4 is 17.5 Å². The lowest BCUT2D eigenvalue weighted by atomic mass is 10.0. The number of thioether (sulfide) groups is 1. The highest BCUT2D eigenvalue weighted by molar-refractivity contribution is 8.04. The minimum Gasteiger partial charge on any atom is -0.277 e. The Labute approximate surface area is 106 Å². The van der Waals surface area contributed by atoms with Crippen molar-refractivity contribution in [3.8, 4) is 0 Å². The normalized spacial score (nSPS) is 21.7. The van der Waals surface area contributed by atoms with E-state index in [1.165, 1.54) is 15.4 Å². The van der Waals surface area contributed by atoms with Crippen LogP contribution in [0, 0.1) is 0 Å². The molecule has 0 N–H and O–H groups in total. The van der Waals surface area contributed by atoms with Crippen molar-refractivity contribution in [3.05, 3.63) is 65.1 Å². The highest BCUT2D eigenvalue weighted by Crippen LogP contribution is 2.37. The Kier molecular flexibility index (Phi) is 2.73. The summed E-state index contributed by atoms with van der Waals surface area (Å²) in [5.41, 5.74) is 2.48. The fourth-order valence-electron chi connectivity index (χ4n) is 2.07. The summed E-state index contributed by atoms with van der Waals surface area (Å²) in [7, 11) is 0. The summed E-state index contributed by atoms with van der Waals surface area (Å²) in [5, 5.41) is 0. The van der Waals surface area contributed by atoms with Gasteiger partial charge in [0.1, 0.15) is 0 Å². The lowest BCUT2D eigenvalue weighted by Gasteiger charge is -2.09. The largest absolute Gasteiger partial charge is 0.277 e. The first-order valence-corrected chi connectivity index (χ1v) is 6.53. The molecule has 0 bridgehead atoms. The molecular formula is C15H13NS. The summed E-state index contributed by atoms with van der Waals surface area (Å²) in [6.45, 7) is 2.10. The van der Waals surface area contributed by atoms with Gasteiger partial charge in [0.15, 0.2) is 0 Å². The van der Waals surface area contributed by atoms with Crippen LogP contribution in [-0.2, 0) is 0 Å². The van der Waals surface area contributed by atoms with Crippen LogP contribution in [0.15, 0.2) is 75.0 Å². The maximum absolute atomic E-state index is 4.67. The number of hydrogen-bond acceptors (Lipinski definition) is 2. The van der Waals surface area contributed by atoms with Gasteiger partial charge in [-0.2, -0.15) is 0 Å². The Hall–Kier alpha value is -1.54. The molecule has 84 valence electrons. The number of allylic oxidation sites excluding steroid dienone is 3. The van der Waals surface area contributed by atoms with Gasteiger partial charge in [-0.3, -0.25) is 4.99 Å². The second-order valence-corrected chi connectivity index (χ2v) is 5.19. The highest BCUT2D eigenvalue weighted by atomic mass is 32.2. The molecule has 0 fully saturated rings. The molecule has 2 heteroatoms. The summed E-state index contributed by atoms with van der Waals surface area (Å²) < 4.78 is 0. The highest BCUT2D eigenvalue weighted by Gasteiger charge is 2.23. The summed E-state index contributed by atoms with van der Waals surface area (Å²) in [4.78, 5) is 7.25. The number of benzene rings is 1. The second kappa shape index (κ2) is 4.38. The number of hydrogen-bond donors (Lipinski definition) is 0. The van der Waals surface area contributed by atoms with Crippen LogP contribution in [0.5, 0.6) is 0 Å². The van der Waals surface area contributed by atoms with Crippen molar-refractivity contribution in [2.45, 2.75) is 17.9 Å². The molecule has 3 rings (SSSR count). The number of fused-ring (bicyclic) bond motifs is 1. The molecular weight excluding hydrogens is 226 g/mol. The Morgan fingerprint density at radius 1 is 1.12 bits per heavy atom. The predicted molar refractivity (Wildman–Crippen MR) is 74.5 cm³/mol. The SMILES string of the molecule is CC1=NC2C=CC=CC2=C1Sc1ccccc1. The van der Waals surface area contributed by atoms with Crippen LogP contribution in [0.1, 0.15) is 6.92 Å². The molecule has 1 aromatic carbocycles. The van der Waals surface area contributed by atoms with Crippen molar-refractivity contribution in [3.63, 3.8) is 0 Å². The second-order valence-electron chi connectivity index (χ2n) is 4.10. The van der Waals surface area contributed by atoms with E-state index in [1.807, 2.05) is 17.8 Å². The van der Waals surface area contributed by atoms with Gasteiger partial charge in [0.2, 0.25) is 0 Å². The average molecular weight is 239 g/mol. The standard InChI is InChI=1S/C15H13NS/c1-11-15(17-12-7-3-2-4-8-12)13-9-5-6-10-14(13)16-11/h2-10,14H,1H3. The van der Waals surface area contributed by atoms with Crippen molar-refractivity contribution < 1.29 is 0 Å². The smallest absolute Gasteiger partial charge is 0.0948 e. The molecule has 1 heterocycles. The summed E-state index contributed by atoms with van der Waals surface area (Å²) in [6.07, 6.45) is 8.49. The van der Waals surface area contributed by atoms with Crippen LogP contribution in [-0.4, -0.2) is 11.8 Å². The Morgan fingerprint density at radius 3 is 2.76 bits per heavy atom. The molecule has 1 atom stereocenters. The third kappa shape index (κ3) is 2.01. The maximum Gasteiger partial charge on any atom is 0.0948 e. The topological polar surface area (TPSA) is 12.4 Å². The van der Waals surface area contributed by atoms with E-state index in [4.69, 9.17) is 0 Å². The van der Waals surface area contributed by atoms with Gasteiger partial charge in [0, 0.05) is 15.5 Å². The third-order valence-electron chi connectivity index (χ3n) is 2.89. The van der Waals surface area contributed by atoms with Crippen LogP contribution in [0.3, 0.4) is 0 Å². The van der Waals surface area contributed by atoms with Gasteiger partial charge < -0.3 is 0 Å². The summed E-state index contributed by atoms with van der Waals surface area (Å²) in [5.74, 6) is 0. The average Bonchev–Trinajstić information content (AvgIpc) is 2.68. The van der Waals surface area contributed by atoms with E-state index < -0.39 is 0 Å². The Morgan fingerprint density at radius 2 is 1.94 bits per heavy atom. The monoisotopic (exact) mass is 239 g/mol. The molecule has 0 saturated carbocycles. The van der Waals surface area contributed by atoms with Crippen molar-refractivity contribution in [1.29, 1.82) is 0 Å². The van der Waals surface area contributed by atoms with E-state index >= 15 is 0 Å². The van der Waals surface area contributed by atoms with Crippen molar-refractivity contribution in [2.75, 3.05) is 0 Å². The van der Waals surface area contributed by atoms with Crippen molar-refractivity contribution in [1.82, 2.24) is 0 Å². The van der Waals surface area contributed by atoms with Gasteiger partial charge >= 0.3 is 0 Å². The van der Waals surface area contributed by atoms with E-state index in [9.17, 15) is 0 Å². The number of nitrogens with zero attached hydrogens (tertiary/aromatic N) is 1. The zero-order chi connectivity index (χ0) is 11.7. The molecule has 0 amide bonds. The van der Waals surface area contributed by atoms with E-state index in [2.05, 4.69) is 60.5 Å². The molecule has 1 aromatic rings. The summed E-state index contributed by atoms with van der Waals surface area (Å²) >= 11 is 1.81. The number of rotatable bonds is 2. The molecule has 1 aliphatic carbocycles. The molecule has 1 nitrogen and oxygen atoms in total. The fourth-order valence-corrected chi connectivity index (χ4v) is 3.10. The molecule has 2 aliphatic rings. The lowest BCUT2D eigenvalue weighted by molar-refractivity contribution is 0.996. The first-order chi connectivity index (χ1) is 8.34. The van der Waals surface area contributed by atoms with E-state index in [0.29, 0.717) is 0 Å². The van der Waals surface area contributed by atoms with E-state index in [0.717, 1.165) is 5.71 Å². The molecule has 0 aromatic heterocycles. The first-order valence-electron chi connectivity index (χ1n) is 5.71. The summed E-state index contributed by atoms with van der Waals surface area (Å²) in [6, 6.07) is 10.7. The van der Waals surface area contributed by atoms with Gasteiger partial charge in [-0.05, 0) is 24.6 Å². The van der Waals surface area contributed by atoms with Crippen LogP contribution in [0.2, 0.25) is 0 Å². The van der Waals surface area contributed by atoms with Crippen LogP contribution >= 0.6 is 11.8 Å². The zero-order valence-electron chi connectivity index (χ0n) is 9.63. The molecule has 1 aliphatic heterocycles. The van der Waals surface area contributed by atoms with Crippen LogP contribution < -0.4 is 0 Å². The molecule has 0 spiro atoms. The third-order valence-corrected chi connectivity index (χ3v) is 4.13. The van der Waals surface area contributed by atoms with Gasteiger partial charge in [-0.25, -0.2) is 0 Å². The van der Waals surface area contributed by atoms with Gasteiger partial charge in [-0.15, -0.1) is 0 Å². The minimum absolute atomic E-state index is 0.242. The maximum atomic E-state index is 4.67. The lowest BCUT2D eigenvalue weighted by Crippen LogP contribution is -2.01. The molecule has 17 heavy (non-hydrogen) atoms. The number of aliphatic imine (C=N–C) groups is 1. The van der Waals surface area contributed by atoms with Crippen molar-refractivity contribution in [2.24, 2.45) is 4.99 Å². The fraction of sp³-hybridized carbons (Fsp3) is 0.133. The van der Waals surface area contributed by atoms with E-state index in [1.54, 1.807) is 0 Å². The van der Waals surface area contributed by atoms with E-state index in [-0.39, 0.29) is 6.04 Å². The van der Waals surface area contributed by atoms with Gasteiger partial charge in [0.25, 0.3) is 0 Å². The Bertz CT molecular complexity index is 550.